The van der Waals surface area contributed by atoms with Gasteiger partial charge in [-0.15, -0.1) is 0 Å². The topological polar surface area (TPSA) is 41.3 Å². The molecule has 0 bridgehead atoms. The molecule has 1 N–H and O–H groups in total. The van der Waals surface area contributed by atoms with Crippen molar-refractivity contribution < 1.29 is 9.30 Å². The second-order valence-corrected chi connectivity index (χ2v) is 7.03. The maximum Gasteiger partial charge on any atom is 0.398 e. The predicted molar refractivity (Wildman–Crippen MR) is 118 cm³/mol. The van der Waals surface area contributed by atoms with E-state index in [-0.39, 0.29) is 0 Å². The number of hydrogen-bond acceptors (Lipinski definition) is 4. The lowest BCUT2D eigenvalue weighted by molar-refractivity contribution is -0.632. The van der Waals surface area contributed by atoms with Gasteiger partial charge in [0.25, 0.3) is 0 Å². The van der Waals surface area contributed by atoms with Gasteiger partial charge >= 0.3 is 5.95 Å². The minimum Gasteiger partial charge on any atom is -0.497 e. The van der Waals surface area contributed by atoms with Crippen molar-refractivity contribution in [3.63, 3.8) is 0 Å². The summed E-state index contributed by atoms with van der Waals surface area (Å²) < 4.78 is 7.38. The summed E-state index contributed by atoms with van der Waals surface area (Å²) in [6.45, 7) is 2.09. The van der Waals surface area contributed by atoms with Crippen molar-refractivity contribution in [2.24, 2.45) is 7.05 Å². The minimum absolute atomic E-state index is 0.786. The Hall–Kier alpha value is -3.60. The molecule has 0 saturated carbocycles. The molecule has 0 unspecified atom stereocenters. The molecule has 0 aliphatic heterocycles. The van der Waals surface area contributed by atoms with Crippen LogP contribution in [0.2, 0.25) is 0 Å². The molecule has 0 atom stereocenters. The van der Waals surface area contributed by atoms with Crippen LogP contribution in [0, 0.1) is 6.92 Å². The van der Waals surface area contributed by atoms with E-state index >= 15 is 0 Å². The first kappa shape index (κ1) is 18.7. The van der Waals surface area contributed by atoms with Gasteiger partial charge in [0.2, 0.25) is 5.82 Å². The number of aryl methyl sites for hydroxylation is 2. The Kier molecular flexibility index (Phi) is 5.04. The molecule has 4 rings (SSSR count). The van der Waals surface area contributed by atoms with Gasteiger partial charge in [-0.3, -0.25) is 0 Å². The summed E-state index contributed by atoms with van der Waals surface area (Å²) in [7, 11) is 5.75. The third-order valence-corrected chi connectivity index (χ3v) is 5.20. The second-order valence-electron chi connectivity index (χ2n) is 7.03. The molecule has 0 saturated heterocycles. The molecule has 146 valence electrons. The van der Waals surface area contributed by atoms with E-state index in [2.05, 4.69) is 52.0 Å². The largest absolute Gasteiger partial charge is 0.497 e. The van der Waals surface area contributed by atoms with Gasteiger partial charge in [-0.05, 0) is 55.0 Å². The van der Waals surface area contributed by atoms with Crippen molar-refractivity contribution in [2.75, 3.05) is 24.4 Å². The summed E-state index contributed by atoms with van der Waals surface area (Å²) in [4.78, 5) is 7.10. The first-order valence-electron chi connectivity index (χ1n) is 9.57. The van der Waals surface area contributed by atoms with Crippen LogP contribution in [0.1, 0.15) is 5.56 Å². The second kappa shape index (κ2) is 7.80. The number of hydrogen-bond donors (Lipinski definition) is 1. The van der Waals surface area contributed by atoms with E-state index in [4.69, 9.17) is 9.72 Å². The highest BCUT2D eigenvalue weighted by Gasteiger charge is 2.22. The van der Waals surface area contributed by atoms with Crippen LogP contribution < -0.4 is 19.5 Å². The van der Waals surface area contributed by atoms with Crippen LogP contribution in [0.5, 0.6) is 5.75 Å². The Labute approximate surface area is 171 Å². The average Bonchev–Trinajstić information content (AvgIpc) is 2.77. The number of aromatic nitrogens is 2. The summed E-state index contributed by atoms with van der Waals surface area (Å²) in [5, 5.41) is 4.59. The van der Waals surface area contributed by atoms with E-state index in [0.717, 1.165) is 39.8 Å². The summed E-state index contributed by atoms with van der Waals surface area (Å²) in [6, 6.07) is 24.5. The number of ether oxygens (including phenoxy) is 1. The van der Waals surface area contributed by atoms with Crippen molar-refractivity contribution in [3.8, 4) is 5.75 Å². The summed E-state index contributed by atoms with van der Waals surface area (Å²) in [6.07, 6.45) is 0. The maximum absolute atomic E-state index is 5.29. The van der Waals surface area contributed by atoms with Gasteiger partial charge in [-0.2, -0.15) is 0 Å². The zero-order valence-electron chi connectivity index (χ0n) is 17.2. The van der Waals surface area contributed by atoms with E-state index in [9.17, 15) is 0 Å². The van der Waals surface area contributed by atoms with Crippen LogP contribution >= 0.6 is 0 Å². The fraction of sp³-hybridized carbons (Fsp3) is 0.167. The lowest BCUT2D eigenvalue weighted by atomic mass is 10.2. The number of methoxy groups -OCH3 is 1. The summed E-state index contributed by atoms with van der Waals surface area (Å²) in [5.41, 5.74) is 4.37. The number of anilines is 4. The Morgan fingerprint density at radius 3 is 2.34 bits per heavy atom. The zero-order chi connectivity index (χ0) is 20.4. The van der Waals surface area contributed by atoms with Crippen LogP contribution in [-0.2, 0) is 7.05 Å². The molecule has 0 aliphatic rings. The standard InChI is InChI=1S/C24H24N4O/c1-17-9-5-7-11-21(17)25-24-26-23(20-10-6-8-12-22(20)28(24)3)27(2)18-13-15-19(29-4)16-14-18/h5-16H,1-4H3/p+1. The number of benzene rings is 3. The predicted octanol–water partition coefficient (Wildman–Crippen LogP) is 4.89. The highest BCUT2D eigenvalue weighted by atomic mass is 16.5. The van der Waals surface area contributed by atoms with Crippen molar-refractivity contribution in [1.82, 2.24) is 4.98 Å². The van der Waals surface area contributed by atoms with Crippen molar-refractivity contribution >= 4 is 34.0 Å². The maximum atomic E-state index is 5.29. The van der Waals surface area contributed by atoms with E-state index < -0.39 is 0 Å². The van der Waals surface area contributed by atoms with Crippen LogP contribution in [0.3, 0.4) is 0 Å². The number of rotatable bonds is 5. The molecule has 1 aromatic heterocycles. The first-order valence-corrected chi connectivity index (χ1v) is 9.57. The fourth-order valence-electron chi connectivity index (χ4n) is 3.43. The first-order chi connectivity index (χ1) is 14.1. The number of nitrogens with zero attached hydrogens (tertiary/aromatic N) is 3. The van der Waals surface area contributed by atoms with Crippen molar-refractivity contribution in [1.29, 1.82) is 0 Å². The van der Waals surface area contributed by atoms with Gasteiger partial charge in [-0.25, -0.2) is 9.88 Å². The molecule has 29 heavy (non-hydrogen) atoms. The van der Waals surface area contributed by atoms with Gasteiger partial charge < -0.3 is 9.64 Å². The Morgan fingerprint density at radius 2 is 1.62 bits per heavy atom. The smallest absolute Gasteiger partial charge is 0.398 e. The Balaban J connectivity index is 1.84. The van der Waals surface area contributed by atoms with Gasteiger partial charge in [0, 0.05) is 12.7 Å². The number of fused-ring (bicyclic) bond motifs is 1. The van der Waals surface area contributed by atoms with Crippen LogP contribution in [0.15, 0.2) is 72.8 Å². The van der Waals surface area contributed by atoms with E-state index in [1.165, 1.54) is 5.56 Å². The van der Waals surface area contributed by atoms with E-state index in [1.807, 2.05) is 56.6 Å². The van der Waals surface area contributed by atoms with E-state index in [0.29, 0.717) is 0 Å². The Bertz CT molecular complexity index is 1160. The molecular weight excluding hydrogens is 360 g/mol. The molecule has 5 nitrogen and oxygen atoms in total. The molecule has 0 fully saturated rings. The van der Waals surface area contributed by atoms with Crippen molar-refractivity contribution in [2.45, 2.75) is 6.92 Å². The molecule has 0 amide bonds. The highest BCUT2D eigenvalue weighted by Crippen LogP contribution is 2.30. The summed E-state index contributed by atoms with van der Waals surface area (Å²) in [5.74, 6) is 2.51. The molecular formula is C24H25N4O+. The average molecular weight is 385 g/mol. The van der Waals surface area contributed by atoms with Gasteiger partial charge in [0.1, 0.15) is 17.0 Å². The Morgan fingerprint density at radius 1 is 0.931 bits per heavy atom. The molecule has 0 aliphatic carbocycles. The van der Waals surface area contributed by atoms with Gasteiger partial charge in [0.05, 0.1) is 19.5 Å². The molecule has 3 aromatic carbocycles. The molecule has 0 radical (unpaired) electrons. The number of nitrogens with one attached hydrogen (secondary N) is 1. The van der Waals surface area contributed by atoms with E-state index in [1.54, 1.807) is 7.11 Å². The monoisotopic (exact) mass is 385 g/mol. The molecule has 1 heterocycles. The van der Waals surface area contributed by atoms with Crippen LogP contribution in [-0.4, -0.2) is 19.1 Å². The van der Waals surface area contributed by atoms with Crippen molar-refractivity contribution in [3.05, 3.63) is 78.4 Å². The SMILES string of the molecule is COc1ccc(N(C)c2nc(Nc3ccccc3C)[n+](C)c3ccccc23)cc1. The lowest BCUT2D eigenvalue weighted by Gasteiger charge is -2.19. The minimum atomic E-state index is 0.786. The van der Waals surface area contributed by atoms with Gasteiger partial charge in [0.15, 0.2) is 0 Å². The highest BCUT2D eigenvalue weighted by molar-refractivity contribution is 5.90. The lowest BCUT2D eigenvalue weighted by Crippen LogP contribution is -2.35. The van der Waals surface area contributed by atoms with Crippen LogP contribution in [0.25, 0.3) is 10.9 Å². The normalized spacial score (nSPS) is 10.8. The zero-order valence-corrected chi connectivity index (χ0v) is 17.2. The third-order valence-electron chi connectivity index (χ3n) is 5.20. The third kappa shape index (κ3) is 3.59. The molecule has 0 spiro atoms. The molecule has 4 aromatic rings. The fourth-order valence-corrected chi connectivity index (χ4v) is 3.43. The van der Waals surface area contributed by atoms with Crippen LogP contribution in [0.4, 0.5) is 23.1 Å². The summed E-state index contributed by atoms with van der Waals surface area (Å²) >= 11 is 0. The quantitative estimate of drug-likeness (QED) is 0.497. The number of para-hydroxylation sites is 2. The molecule has 5 heteroatoms. The van der Waals surface area contributed by atoms with Gasteiger partial charge in [-0.1, -0.05) is 35.3 Å².